The van der Waals surface area contributed by atoms with Gasteiger partial charge in [0.05, 0.1) is 0 Å². The van der Waals surface area contributed by atoms with Crippen molar-refractivity contribution in [3.8, 4) is 0 Å². The van der Waals surface area contributed by atoms with Crippen molar-refractivity contribution in [2.75, 3.05) is 31.1 Å². The zero-order valence-corrected chi connectivity index (χ0v) is 20.4. The second-order valence-corrected chi connectivity index (χ2v) is 10.2. The molecule has 1 aromatic carbocycles. The molecule has 2 aliphatic rings. The van der Waals surface area contributed by atoms with Gasteiger partial charge in [-0.25, -0.2) is 9.78 Å². The molecule has 1 amide bonds. The molecule has 0 aliphatic carbocycles. The fourth-order valence-corrected chi connectivity index (χ4v) is 5.57. The zero-order valence-electron chi connectivity index (χ0n) is 19.6. The van der Waals surface area contributed by atoms with Gasteiger partial charge in [0.2, 0.25) is 0 Å². The molecule has 0 radical (unpaired) electrons. The Labute approximate surface area is 202 Å². The summed E-state index contributed by atoms with van der Waals surface area (Å²) in [6, 6.07) is 14.7. The number of hydrogen-bond acceptors (Lipinski definition) is 4. The lowest BCUT2D eigenvalue weighted by Gasteiger charge is -2.50. The van der Waals surface area contributed by atoms with E-state index in [1.54, 1.807) is 4.90 Å². The summed E-state index contributed by atoms with van der Waals surface area (Å²) in [5.41, 5.74) is 1.20. The standard InChI is InChI=1S/C26H35ClN4O2/c1-19(2)15-23-17-30(22-10-13-29(14-11-22)25-5-3-4-12-28-25)24(18-31(23)26(32)33)16-20-6-8-21(27)9-7-20/h3-9,12,19,22-24H,10-11,13-18H2,1-2H3,(H,32,33)/t23-,24-/m0/s1. The number of piperidine rings is 1. The molecule has 0 unspecified atom stereocenters. The molecule has 0 bridgehead atoms. The van der Waals surface area contributed by atoms with Gasteiger partial charge in [0.1, 0.15) is 5.82 Å². The Balaban J connectivity index is 1.52. The Morgan fingerprint density at radius 3 is 2.42 bits per heavy atom. The highest BCUT2D eigenvalue weighted by molar-refractivity contribution is 6.30. The van der Waals surface area contributed by atoms with E-state index in [4.69, 9.17) is 11.6 Å². The summed E-state index contributed by atoms with van der Waals surface area (Å²) in [5.74, 6) is 1.50. The van der Waals surface area contributed by atoms with Gasteiger partial charge in [-0.2, -0.15) is 0 Å². The highest BCUT2D eigenvalue weighted by Gasteiger charge is 2.40. The van der Waals surface area contributed by atoms with Gasteiger partial charge in [-0.15, -0.1) is 0 Å². The highest BCUT2D eigenvalue weighted by atomic mass is 35.5. The summed E-state index contributed by atoms with van der Waals surface area (Å²) in [6.07, 6.45) is 4.90. The molecule has 1 aromatic heterocycles. The Morgan fingerprint density at radius 1 is 1.09 bits per heavy atom. The number of carbonyl (C=O) groups is 1. The van der Waals surface area contributed by atoms with Crippen molar-refractivity contribution in [3.05, 3.63) is 59.2 Å². The van der Waals surface area contributed by atoms with Crippen LogP contribution in [-0.2, 0) is 6.42 Å². The van der Waals surface area contributed by atoms with Crippen LogP contribution in [0.3, 0.4) is 0 Å². The molecule has 2 atom stereocenters. The SMILES string of the molecule is CC(C)C[C@H]1CN(C2CCN(c3ccccn3)CC2)[C@@H](Cc2ccc(Cl)cc2)CN1C(=O)O. The molecule has 1 N–H and O–H groups in total. The van der Waals surface area contributed by atoms with Gasteiger partial charge in [0.15, 0.2) is 0 Å². The van der Waals surface area contributed by atoms with Crippen LogP contribution in [-0.4, -0.2) is 70.3 Å². The van der Waals surface area contributed by atoms with Crippen molar-refractivity contribution < 1.29 is 9.90 Å². The molecule has 0 spiro atoms. The third-order valence-corrected chi connectivity index (χ3v) is 7.27. The Hall–Kier alpha value is -2.31. The van der Waals surface area contributed by atoms with Gasteiger partial charge < -0.3 is 14.9 Å². The van der Waals surface area contributed by atoms with Crippen LogP contribution in [0.5, 0.6) is 0 Å². The van der Waals surface area contributed by atoms with Gasteiger partial charge in [0.25, 0.3) is 0 Å². The summed E-state index contributed by atoms with van der Waals surface area (Å²) < 4.78 is 0. The van der Waals surface area contributed by atoms with Crippen LogP contribution in [0.2, 0.25) is 5.02 Å². The molecule has 2 saturated heterocycles. The van der Waals surface area contributed by atoms with E-state index in [0.29, 0.717) is 18.5 Å². The molecule has 3 heterocycles. The second-order valence-electron chi connectivity index (χ2n) is 9.81. The van der Waals surface area contributed by atoms with Crippen molar-refractivity contribution >= 4 is 23.5 Å². The minimum Gasteiger partial charge on any atom is -0.465 e. The van der Waals surface area contributed by atoms with E-state index in [-0.39, 0.29) is 12.1 Å². The molecule has 4 rings (SSSR count). The van der Waals surface area contributed by atoms with Gasteiger partial charge >= 0.3 is 6.09 Å². The Morgan fingerprint density at radius 2 is 1.82 bits per heavy atom. The highest BCUT2D eigenvalue weighted by Crippen LogP contribution is 2.30. The summed E-state index contributed by atoms with van der Waals surface area (Å²) in [7, 11) is 0. The fraction of sp³-hybridized carbons (Fsp3) is 0.538. The number of benzene rings is 1. The predicted molar refractivity (Wildman–Crippen MR) is 133 cm³/mol. The molecule has 2 aliphatic heterocycles. The third kappa shape index (κ3) is 5.98. The number of amides is 1. The third-order valence-electron chi connectivity index (χ3n) is 7.02. The van der Waals surface area contributed by atoms with Crippen molar-refractivity contribution in [1.82, 2.24) is 14.8 Å². The van der Waals surface area contributed by atoms with Gasteiger partial charge in [0, 0.05) is 55.5 Å². The Kier molecular flexibility index (Phi) is 7.76. The monoisotopic (exact) mass is 470 g/mol. The molecule has 2 aromatic rings. The predicted octanol–water partition coefficient (Wildman–Crippen LogP) is 5.03. The molecular weight excluding hydrogens is 436 g/mol. The summed E-state index contributed by atoms with van der Waals surface area (Å²) in [5, 5.41) is 10.7. The number of piperazine rings is 1. The first kappa shape index (κ1) is 23.8. The zero-order chi connectivity index (χ0) is 23.4. The summed E-state index contributed by atoms with van der Waals surface area (Å²) >= 11 is 6.10. The number of aromatic nitrogens is 1. The van der Waals surface area contributed by atoms with E-state index in [1.165, 1.54) is 5.56 Å². The average molecular weight is 471 g/mol. The minimum absolute atomic E-state index is 0.0396. The van der Waals surface area contributed by atoms with Crippen LogP contribution in [0, 0.1) is 5.92 Å². The van der Waals surface area contributed by atoms with Crippen LogP contribution in [0.4, 0.5) is 10.6 Å². The summed E-state index contributed by atoms with van der Waals surface area (Å²) in [6.45, 7) is 7.66. The molecule has 0 saturated carbocycles. The normalized spacial score (nSPS) is 22.7. The maximum atomic E-state index is 12.1. The van der Waals surface area contributed by atoms with Crippen LogP contribution in [0.25, 0.3) is 0 Å². The van der Waals surface area contributed by atoms with E-state index < -0.39 is 6.09 Å². The smallest absolute Gasteiger partial charge is 0.407 e. The van der Waals surface area contributed by atoms with Crippen LogP contribution >= 0.6 is 11.6 Å². The first-order chi connectivity index (χ1) is 15.9. The van der Waals surface area contributed by atoms with Crippen molar-refractivity contribution in [2.24, 2.45) is 5.92 Å². The topological polar surface area (TPSA) is 59.9 Å². The van der Waals surface area contributed by atoms with Crippen LogP contribution < -0.4 is 4.90 Å². The van der Waals surface area contributed by atoms with E-state index in [9.17, 15) is 9.90 Å². The van der Waals surface area contributed by atoms with E-state index in [0.717, 1.165) is 56.2 Å². The second kappa shape index (κ2) is 10.7. The fourth-order valence-electron chi connectivity index (χ4n) is 5.44. The molecule has 7 heteroatoms. The van der Waals surface area contributed by atoms with E-state index >= 15 is 0 Å². The molecule has 33 heavy (non-hydrogen) atoms. The minimum atomic E-state index is -0.800. The van der Waals surface area contributed by atoms with Crippen LogP contribution in [0.15, 0.2) is 48.7 Å². The largest absolute Gasteiger partial charge is 0.465 e. The van der Waals surface area contributed by atoms with Gasteiger partial charge in [-0.3, -0.25) is 4.90 Å². The lowest BCUT2D eigenvalue weighted by atomic mass is 9.91. The van der Waals surface area contributed by atoms with Gasteiger partial charge in [-0.1, -0.05) is 43.6 Å². The van der Waals surface area contributed by atoms with Gasteiger partial charge in [-0.05, 0) is 61.4 Å². The number of anilines is 1. The summed E-state index contributed by atoms with van der Waals surface area (Å²) in [4.78, 5) is 23.4. The molecule has 6 nitrogen and oxygen atoms in total. The maximum absolute atomic E-state index is 12.1. The van der Waals surface area contributed by atoms with Crippen molar-refractivity contribution in [3.63, 3.8) is 0 Å². The number of carboxylic acid groups (broad SMARTS) is 1. The first-order valence-corrected chi connectivity index (χ1v) is 12.4. The number of pyridine rings is 1. The number of rotatable bonds is 6. The Bertz CT molecular complexity index is 900. The maximum Gasteiger partial charge on any atom is 0.407 e. The van der Waals surface area contributed by atoms with Crippen LogP contribution in [0.1, 0.15) is 38.7 Å². The lowest BCUT2D eigenvalue weighted by Crippen LogP contribution is -2.63. The quantitative estimate of drug-likeness (QED) is 0.641. The van der Waals surface area contributed by atoms with Crippen molar-refractivity contribution in [2.45, 2.75) is 57.7 Å². The number of hydrogen-bond donors (Lipinski definition) is 1. The lowest BCUT2D eigenvalue weighted by molar-refractivity contribution is -0.00383. The number of nitrogens with zero attached hydrogens (tertiary/aromatic N) is 4. The van der Waals surface area contributed by atoms with E-state index in [2.05, 4.69) is 46.8 Å². The van der Waals surface area contributed by atoms with E-state index in [1.807, 2.05) is 30.5 Å². The first-order valence-electron chi connectivity index (χ1n) is 12.1. The van der Waals surface area contributed by atoms with Crippen molar-refractivity contribution in [1.29, 1.82) is 0 Å². The number of halogens is 1. The molecular formula is C26H35ClN4O2. The molecule has 2 fully saturated rings. The molecule has 178 valence electrons. The average Bonchev–Trinajstić information content (AvgIpc) is 2.81.